The smallest absolute Gasteiger partial charge is 0.261 e. The molecule has 0 radical (unpaired) electrons. The number of amides is 1. The van der Waals surface area contributed by atoms with Crippen LogP contribution in [-0.2, 0) is 0 Å². The minimum Gasteiger partial charge on any atom is -0.361 e. The molecular formula is C21H26N6O2. The Labute approximate surface area is 170 Å². The van der Waals surface area contributed by atoms with Crippen molar-refractivity contribution in [1.29, 1.82) is 0 Å². The molecule has 0 saturated heterocycles. The number of aryl methyl sites for hydroxylation is 3. The van der Waals surface area contributed by atoms with Crippen molar-refractivity contribution < 1.29 is 9.32 Å². The Morgan fingerprint density at radius 2 is 1.69 bits per heavy atom. The summed E-state index contributed by atoms with van der Waals surface area (Å²) in [6.45, 7) is 11.3. The van der Waals surface area contributed by atoms with Gasteiger partial charge < -0.3 is 20.1 Å². The van der Waals surface area contributed by atoms with E-state index in [1.165, 1.54) is 0 Å². The molecule has 0 saturated carbocycles. The summed E-state index contributed by atoms with van der Waals surface area (Å²) < 4.78 is 5.06. The van der Waals surface area contributed by atoms with Crippen molar-refractivity contribution in [3.05, 3.63) is 53.2 Å². The average Bonchev–Trinajstić information content (AvgIpc) is 3.02. The molecular weight excluding hydrogens is 368 g/mol. The molecule has 2 heterocycles. The van der Waals surface area contributed by atoms with E-state index in [1.807, 2.05) is 37.3 Å². The summed E-state index contributed by atoms with van der Waals surface area (Å²) >= 11 is 0. The minimum atomic E-state index is -0.239. The number of nitrogens with zero attached hydrogens (tertiary/aromatic N) is 4. The third-order valence-electron chi connectivity index (χ3n) is 4.59. The van der Waals surface area contributed by atoms with Crippen molar-refractivity contribution in [3.8, 4) is 0 Å². The van der Waals surface area contributed by atoms with Crippen molar-refractivity contribution in [2.45, 2.75) is 34.6 Å². The molecule has 0 atom stereocenters. The Balaban J connectivity index is 1.72. The average molecular weight is 394 g/mol. The van der Waals surface area contributed by atoms with Crippen LogP contribution in [0.15, 0.2) is 34.9 Å². The van der Waals surface area contributed by atoms with E-state index < -0.39 is 0 Å². The van der Waals surface area contributed by atoms with Gasteiger partial charge in [0.1, 0.15) is 28.8 Å². The van der Waals surface area contributed by atoms with E-state index in [0.717, 1.165) is 30.4 Å². The van der Waals surface area contributed by atoms with Gasteiger partial charge in [-0.05, 0) is 58.9 Å². The fraction of sp³-hybridized carbons (Fsp3) is 0.333. The lowest BCUT2D eigenvalue weighted by Gasteiger charge is -2.20. The number of hydrogen-bond donors (Lipinski definition) is 2. The van der Waals surface area contributed by atoms with E-state index in [2.05, 4.69) is 44.5 Å². The summed E-state index contributed by atoms with van der Waals surface area (Å²) in [5, 5.41) is 9.98. The van der Waals surface area contributed by atoms with Gasteiger partial charge in [0.25, 0.3) is 5.91 Å². The molecule has 0 aliphatic heterocycles. The SMILES string of the molecule is CCN(CC)c1cc(Nc2ccc(NC(=O)c3c(C)noc3C)cc2)nc(C)n1. The fourth-order valence-corrected chi connectivity index (χ4v) is 3.11. The zero-order valence-electron chi connectivity index (χ0n) is 17.4. The third-order valence-corrected chi connectivity index (χ3v) is 4.59. The van der Waals surface area contributed by atoms with Crippen molar-refractivity contribution in [3.63, 3.8) is 0 Å². The molecule has 3 rings (SSSR count). The van der Waals surface area contributed by atoms with E-state index >= 15 is 0 Å². The molecule has 3 aromatic rings. The van der Waals surface area contributed by atoms with Crippen LogP contribution in [0.2, 0.25) is 0 Å². The van der Waals surface area contributed by atoms with Crippen LogP contribution in [0.25, 0.3) is 0 Å². The molecule has 8 heteroatoms. The van der Waals surface area contributed by atoms with Crippen LogP contribution in [0, 0.1) is 20.8 Å². The Morgan fingerprint density at radius 1 is 1.03 bits per heavy atom. The molecule has 0 fully saturated rings. The zero-order chi connectivity index (χ0) is 21.0. The first-order valence-electron chi connectivity index (χ1n) is 9.63. The highest BCUT2D eigenvalue weighted by Crippen LogP contribution is 2.22. The molecule has 152 valence electrons. The summed E-state index contributed by atoms with van der Waals surface area (Å²) in [6, 6.07) is 9.37. The van der Waals surface area contributed by atoms with Gasteiger partial charge in [-0.1, -0.05) is 5.16 Å². The highest BCUT2D eigenvalue weighted by molar-refractivity contribution is 6.05. The second kappa shape index (κ2) is 8.72. The molecule has 1 amide bonds. The maximum absolute atomic E-state index is 12.4. The highest BCUT2D eigenvalue weighted by Gasteiger charge is 2.17. The quantitative estimate of drug-likeness (QED) is 0.619. The number of nitrogens with one attached hydrogen (secondary N) is 2. The first-order chi connectivity index (χ1) is 13.9. The van der Waals surface area contributed by atoms with Gasteiger partial charge in [0.2, 0.25) is 0 Å². The molecule has 29 heavy (non-hydrogen) atoms. The van der Waals surface area contributed by atoms with Crippen molar-refractivity contribution in [2.75, 3.05) is 28.6 Å². The van der Waals surface area contributed by atoms with Crippen LogP contribution in [0.1, 0.15) is 41.5 Å². The van der Waals surface area contributed by atoms with E-state index in [0.29, 0.717) is 28.5 Å². The van der Waals surface area contributed by atoms with Gasteiger partial charge in [0.05, 0.1) is 5.69 Å². The van der Waals surface area contributed by atoms with Crippen molar-refractivity contribution in [1.82, 2.24) is 15.1 Å². The summed E-state index contributed by atoms with van der Waals surface area (Å²) in [5.74, 6) is 2.60. The van der Waals surface area contributed by atoms with E-state index in [1.54, 1.807) is 13.8 Å². The molecule has 0 bridgehead atoms. The molecule has 1 aromatic carbocycles. The Kier molecular flexibility index (Phi) is 6.11. The van der Waals surface area contributed by atoms with Crippen LogP contribution >= 0.6 is 0 Å². The predicted molar refractivity (Wildman–Crippen MR) is 114 cm³/mol. The Bertz CT molecular complexity index is 973. The van der Waals surface area contributed by atoms with Crippen molar-refractivity contribution >= 4 is 28.9 Å². The Morgan fingerprint density at radius 3 is 2.28 bits per heavy atom. The summed E-state index contributed by atoms with van der Waals surface area (Å²) in [5.41, 5.74) is 2.58. The number of hydrogen-bond acceptors (Lipinski definition) is 7. The van der Waals surface area contributed by atoms with Gasteiger partial charge in [0, 0.05) is 30.5 Å². The maximum atomic E-state index is 12.4. The van der Waals surface area contributed by atoms with Crippen LogP contribution in [-0.4, -0.2) is 34.1 Å². The minimum absolute atomic E-state index is 0.239. The summed E-state index contributed by atoms with van der Waals surface area (Å²) in [7, 11) is 0. The normalized spacial score (nSPS) is 10.7. The summed E-state index contributed by atoms with van der Waals surface area (Å²) in [4.78, 5) is 23.6. The number of carbonyl (C=O) groups excluding carboxylic acids is 1. The first-order valence-corrected chi connectivity index (χ1v) is 9.63. The first kappa shape index (κ1) is 20.3. The van der Waals surface area contributed by atoms with Gasteiger partial charge in [0.15, 0.2) is 0 Å². The standard InChI is InChI=1S/C21H26N6O2/c1-6-27(7-2)19-12-18(22-15(5)23-19)24-16-8-10-17(11-9-16)25-21(28)20-13(3)26-29-14(20)4/h8-12H,6-7H2,1-5H3,(H,25,28)(H,22,23,24). The summed E-state index contributed by atoms with van der Waals surface area (Å²) in [6.07, 6.45) is 0. The molecule has 8 nitrogen and oxygen atoms in total. The predicted octanol–water partition coefficient (Wildman–Crippen LogP) is 4.23. The van der Waals surface area contributed by atoms with Crippen LogP contribution < -0.4 is 15.5 Å². The number of rotatable bonds is 7. The topological polar surface area (TPSA) is 96.2 Å². The maximum Gasteiger partial charge on any atom is 0.261 e. The zero-order valence-corrected chi connectivity index (χ0v) is 17.4. The largest absolute Gasteiger partial charge is 0.361 e. The third kappa shape index (κ3) is 4.71. The highest BCUT2D eigenvalue weighted by atomic mass is 16.5. The van der Waals surface area contributed by atoms with Crippen LogP contribution in [0.4, 0.5) is 23.0 Å². The fourth-order valence-electron chi connectivity index (χ4n) is 3.11. The van der Waals surface area contributed by atoms with Gasteiger partial charge >= 0.3 is 0 Å². The lowest BCUT2D eigenvalue weighted by molar-refractivity contribution is 0.102. The number of carbonyl (C=O) groups is 1. The second-order valence-corrected chi connectivity index (χ2v) is 6.69. The van der Waals surface area contributed by atoms with Gasteiger partial charge in [-0.25, -0.2) is 9.97 Å². The molecule has 0 spiro atoms. The monoisotopic (exact) mass is 394 g/mol. The molecule has 0 aliphatic carbocycles. The number of aromatic nitrogens is 3. The second-order valence-electron chi connectivity index (χ2n) is 6.69. The lowest BCUT2D eigenvalue weighted by Crippen LogP contribution is -2.23. The number of anilines is 4. The Hall–Kier alpha value is -3.42. The van der Waals surface area contributed by atoms with Crippen LogP contribution in [0.3, 0.4) is 0 Å². The molecule has 0 unspecified atom stereocenters. The van der Waals surface area contributed by atoms with E-state index in [9.17, 15) is 4.79 Å². The van der Waals surface area contributed by atoms with E-state index in [4.69, 9.17) is 4.52 Å². The lowest BCUT2D eigenvalue weighted by atomic mass is 10.2. The van der Waals surface area contributed by atoms with Gasteiger partial charge in [-0.3, -0.25) is 4.79 Å². The van der Waals surface area contributed by atoms with Gasteiger partial charge in [-0.2, -0.15) is 0 Å². The van der Waals surface area contributed by atoms with E-state index in [-0.39, 0.29) is 5.91 Å². The number of benzene rings is 1. The molecule has 2 aromatic heterocycles. The molecule has 2 N–H and O–H groups in total. The molecule has 0 aliphatic rings. The van der Waals surface area contributed by atoms with Crippen molar-refractivity contribution in [2.24, 2.45) is 0 Å². The van der Waals surface area contributed by atoms with Crippen LogP contribution in [0.5, 0.6) is 0 Å². The van der Waals surface area contributed by atoms with Gasteiger partial charge in [-0.15, -0.1) is 0 Å².